The Labute approximate surface area is 119 Å². The third kappa shape index (κ3) is 3.20. The van der Waals surface area contributed by atoms with Gasteiger partial charge in [0.05, 0.1) is 6.61 Å². The maximum Gasteiger partial charge on any atom is 0.201 e. The van der Waals surface area contributed by atoms with Gasteiger partial charge >= 0.3 is 0 Å². The van der Waals surface area contributed by atoms with Crippen LogP contribution in [0.15, 0.2) is 18.2 Å². The van der Waals surface area contributed by atoms with Gasteiger partial charge in [-0.3, -0.25) is 0 Å². The molecule has 0 saturated carbocycles. The van der Waals surface area contributed by atoms with Crippen molar-refractivity contribution in [2.45, 2.75) is 46.0 Å². The van der Waals surface area contributed by atoms with Crippen molar-refractivity contribution in [3.05, 3.63) is 35.4 Å². The smallest absolute Gasteiger partial charge is 0.201 e. The van der Waals surface area contributed by atoms with Gasteiger partial charge in [-0.2, -0.15) is 4.39 Å². The van der Waals surface area contributed by atoms with E-state index < -0.39 is 11.6 Å². The van der Waals surface area contributed by atoms with Crippen LogP contribution in [0.25, 0.3) is 5.57 Å². The molecule has 0 N–H and O–H groups in total. The SMILES string of the molecule is CCC[C@H]1CC=C(c2ccc(OCC)c(F)c2F)CC1. The zero-order valence-corrected chi connectivity index (χ0v) is 12.2. The number of rotatable bonds is 5. The number of ether oxygens (including phenoxy) is 1. The number of hydrogen-bond acceptors (Lipinski definition) is 1. The Balaban J connectivity index is 2.20. The van der Waals surface area contributed by atoms with Crippen LogP contribution in [0.2, 0.25) is 0 Å². The molecule has 0 saturated heterocycles. The van der Waals surface area contributed by atoms with Gasteiger partial charge in [0.15, 0.2) is 11.6 Å². The molecule has 20 heavy (non-hydrogen) atoms. The summed E-state index contributed by atoms with van der Waals surface area (Å²) in [6.45, 7) is 4.26. The van der Waals surface area contributed by atoms with Gasteiger partial charge in [0.1, 0.15) is 0 Å². The molecule has 0 aromatic heterocycles. The van der Waals surface area contributed by atoms with Crippen molar-refractivity contribution in [1.82, 2.24) is 0 Å². The summed E-state index contributed by atoms with van der Waals surface area (Å²) >= 11 is 0. The maximum atomic E-state index is 14.1. The summed E-state index contributed by atoms with van der Waals surface area (Å²) in [6.07, 6.45) is 7.33. The first-order chi connectivity index (χ1) is 9.67. The number of benzene rings is 1. The van der Waals surface area contributed by atoms with Crippen molar-refractivity contribution in [3.63, 3.8) is 0 Å². The van der Waals surface area contributed by atoms with Crippen LogP contribution >= 0.6 is 0 Å². The zero-order valence-electron chi connectivity index (χ0n) is 12.2. The molecule has 110 valence electrons. The fraction of sp³-hybridized carbons (Fsp3) is 0.529. The Morgan fingerprint density at radius 2 is 2.00 bits per heavy atom. The monoisotopic (exact) mass is 280 g/mol. The van der Waals surface area contributed by atoms with Crippen LogP contribution < -0.4 is 4.74 Å². The van der Waals surface area contributed by atoms with Crippen molar-refractivity contribution in [1.29, 1.82) is 0 Å². The fourth-order valence-electron chi connectivity index (χ4n) is 2.85. The lowest BCUT2D eigenvalue weighted by Gasteiger charge is -2.22. The van der Waals surface area contributed by atoms with E-state index in [0.717, 1.165) is 24.8 Å². The highest BCUT2D eigenvalue weighted by Crippen LogP contribution is 2.35. The van der Waals surface area contributed by atoms with E-state index in [0.29, 0.717) is 18.1 Å². The second-order valence-electron chi connectivity index (χ2n) is 5.33. The molecule has 0 amide bonds. The molecule has 0 unspecified atom stereocenters. The summed E-state index contributed by atoms with van der Waals surface area (Å²) in [5.74, 6) is -0.967. The molecule has 0 spiro atoms. The van der Waals surface area contributed by atoms with Gasteiger partial charge in [0.2, 0.25) is 5.82 Å². The summed E-state index contributed by atoms with van der Waals surface area (Å²) in [5.41, 5.74) is 1.32. The highest BCUT2D eigenvalue weighted by Gasteiger charge is 2.20. The molecule has 0 bridgehead atoms. The van der Waals surface area contributed by atoms with Crippen LogP contribution in [0.5, 0.6) is 5.75 Å². The van der Waals surface area contributed by atoms with E-state index in [4.69, 9.17) is 4.74 Å². The third-order valence-electron chi connectivity index (χ3n) is 3.91. The van der Waals surface area contributed by atoms with Gasteiger partial charge in [0, 0.05) is 5.56 Å². The van der Waals surface area contributed by atoms with Crippen molar-refractivity contribution < 1.29 is 13.5 Å². The molecule has 0 aliphatic heterocycles. The van der Waals surface area contributed by atoms with E-state index >= 15 is 0 Å². The molecule has 1 aliphatic carbocycles. The number of hydrogen-bond donors (Lipinski definition) is 0. The lowest BCUT2D eigenvalue weighted by atomic mass is 9.84. The summed E-state index contributed by atoms with van der Waals surface area (Å²) in [7, 11) is 0. The van der Waals surface area contributed by atoms with Gasteiger partial charge in [0.25, 0.3) is 0 Å². The Morgan fingerprint density at radius 3 is 2.60 bits per heavy atom. The highest BCUT2D eigenvalue weighted by atomic mass is 19.2. The highest BCUT2D eigenvalue weighted by molar-refractivity contribution is 5.67. The molecule has 3 heteroatoms. The second-order valence-corrected chi connectivity index (χ2v) is 5.33. The van der Waals surface area contributed by atoms with Crippen molar-refractivity contribution in [3.8, 4) is 5.75 Å². The van der Waals surface area contributed by atoms with Gasteiger partial charge in [-0.05, 0) is 49.8 Å². The van der Waals surface area contributed by atoms with Gasteiger partial charge in [-0.25, -0.2) is 4.39 Å². The molecule has 1 aromatic carbocycles. The molecule has 2 rings (SSSR count). The van der Waals surface area contributed by atoms with Gasteiger partial charge in [-0.15, -0.1) is 0 Å². The first kappa shape index (κ1) is 15.0. The molecule has 1 nitrogen and oxygen atoms in total. The molecule has 1 aliphatic rings. The predicted molar refractivity (Wildman–Crippen MR) is 77.8 cm³/mol. The molecular formula is C17H22F2O. The van der Waals surface area contributed by atoms with E-state index in [1.807, 2.05) is 0 Å². The van der Waals surface area contributed by atoms with E-state index in [1.54, 1.807) is 13.0 Å². The first-order valence-electron chi connectivity index (χ1n) is 7.47. The van der Waals surface area contributed by atoms with Crippen molar-refractivity contribution >= 4 is 5.57 Å². The van der Waals surface area contributed by atoms with Gasteiger partial charge in [-0.1, -0.05) is 25.8 Å². The molecule has 0 fully saturated rings. The van der Waals surface area contributed by atoms with Crippen LogP contribution in [0.3, 0.4) is 0 Å². The first-order valence-corrected chi connectivity index (χ1v) is 7.47. The van der Waals surface area contributed by atoms with Crippen LogP contribution in [0.4, 0.5) is 8.78 Å². The summed E-state index contributed by atoms with van der Waals surface area (Å²) < 4.78 is 33.1. The van der Waals surface area contributed by atoms with Crippen LogP contribution in [0, 0.1) is 17.6 Å². The zero-order chi connectivity index (χ0) is 14.5. The molecule has 0 radical (unpaired) electrons. The van der Waals surface area contributed by atoms with Crippen LogP contribution in [0.1, 0.15) is 51.5 Å². The average Bonchev–Trinajstić information content (AvgIpc) is 2.46. The minimum Gasteiger partial charge on any atom is -0.491 e. The van der Waals surface area contributed by atoms with Crippen LogP contribution in [-0.4, -0.2) is 6.61 Å². The Morgan fingerprint density at radius 1 is 1.20 bits per heavy atom. The van der Waals surface area contributed by atoms with E-state index in [-0.39, 0.29) is 5.75 Å². The lowest BCUT2D eigenvalue weighted by Crippen LogP contribution is -2.07. The molecular weight excluding hydrogens is 258 g/mol. The van der Waals surface area contributed by atoms with Gasteiger partial charge < -0.3 is 4.74 Å². The Hall–Kier alpha value is -1.38. The minimum atomic E-state index is -0.874. The largest absolute Gasteiger partial charge is 0.491 e. The topological polar surface area (TPSA) is 9.23 Å². The molecule has 0 heterocycles. The molecule has 1 atom stereocenters. The van der Waals surface area contributed by atoms with E-state index in [2.05, 4.69) is 13.0 Å². The standard InChI is InChI=1S/C17H22F2O/c1-3-5-12-6-8-13(9-7-12)14-10-11-15(20-4-2)17(19)16(14)18/h8,10-12H,3-7,9H2,1-2H3/t12-/m0/s1. The predicted octanol–water partition coefficient (Wildman–Crippen LogP) is 5.35. The number of allylic oxidation sites excluding steroid dienone is 2. The quantitative estimate of drug-likeness (QED) is 0.706. The minimum absolute atomic E-state index is 0.00554. The summed E-state index contributed by atoms with van der Waals surface area (Å²) in [5, 5.41) is 0. The van der Waals surface area contributed by atoms with Crippen molar-refractivity contribution in [2.75, 3.05) is 6.61 Å². The average molecular weight is 280 g/mol. The second kappa shape index (κ2) is 6.87. The summed E-state index contributed by atoms with van der Waals surface area (Å²) in [6, 6.07) is 3.16. The molecule has 1 aromatic rings. The van der Waals surface area contributed by atoms with Crippen LogP contribution in [-0.2, 0) is 0 Å². The Kier molecular flexibility index (Phi) is 5.16. The van der Waals surface area contributed by atoms with E-state index in [9.17, 15) is 8.78 Å². The fourth-order valence-corrected chi connectivity index (χ4v) is 2.85. The third-order valence-corrected chi connectivity index (χ3v) is 3.91. The number of halogens is 2. The van der Waals surface area contributed by atoms with Crippen molar-refractivity contribution in [2.24, 2.45) is 5.92 Å². The summed E-state index contributed by atoms with van der Waals surface area (Å²) in [4.78, 5) is 0. The lowest BCUT2D eigenvalue weighted by molar-refractivity contribution is 0.314. The normalized spacial score (nSPS) is 18.8. The Bertz CT molecular complexity index is 494. The van der Waals surface area contributed by atoms with E-state index in [1.165, 1.54) is 18.9 Å². The maximum absolute atomic E-state index is 14.1.